The summed E-state index contributed by atoms with van der Waals surface area (Å²) in [6, 6.07) is 9.24. The summed E-state index contributed by atoms with van der Waals surface area (Å²) in [7, 11) is 0. The van der Waals surface area contributed by atoms with Gasteiger partial charge in [-0.05, 0) is 37.1 Å². The molecule has 1 atom stereocenters. The second kappa shape index (κ2) is 6.94. The lowest BCUT2D eigenvalue weighted by Crippen LogP contribution is -2.30. The Morgan fingerprint density at radius 1 is 1.31 bits per heavy atom. The maximum absolute atomic E-state index is 11.9. The van der Waals surface area contributed by atoms with Gasteiger partial charge in [0.1, 0.15) is 11.4 Å². The molecule has 1 aliphatic heterocycles. The fourth-order valence-electron chi connectivity index (χ4n) is 3.02. The van der Waals surface area contributed by atoms with Crippen LogP contribution in [0.2, 0.25) is 5.02 Å². The molecule has 29 heavy (non-hydrogen) atoms. The van der Waals surface area contributed by atoms with Crippen LogP contribution in [-0.4, -0.2) is 38.0 Å². The van der Waals surface area contributed by atoms with Crippen LogP contribution in [0.15, 0.2) is 42.2 Å². The van der Waals surface area contributed by atoms with Gasteiger partial charge in [-0.25, -0.2) is 9.50 Å². The summed E-state index contributed by atoms with van der Waals surface area (Å²) in [4.78, 5) is 16.3. The number of rotatable bonds is 5. The van der Waals surface area contributed by atoms with Gasteiger partial charge in [-0.2, -0.15) is 0 Å². The van der Waals surface area contributed by atoms with E-state index in [-0.39, 0.29) is 5.70 Å². The maximum Gasteiger partial charge on any atom is 0.270 e. The average molecular weight is 413 g/mol. The molecule has 2 aromatic heterocycles. The summed E-state index contributed by atoms with van der Waals surface area (Å²) < 4.78 is 7.50. The maximum atomic E-state index is 11.9. The quantitative estimate of drug-likeness (QED) is 0.474. The Morgan fingerprint density at radius 3 is 2.90 bits per heavy atom. The van der Waals surface area contributed by atoms with Gasteiger partial charge in [0.25, 0.3) is 5.91 Å². The van der Waals surface area contributed by atoms with Crippen molar-refractivity contribution in [1.29, 1.82) is 0 Å². The topological polar surface area (TPSA) is 113 Å². The standard InChI is InChI=1S/C19H17ClN6O3/c20-10-2-1-3-13(6-10)29-16-8-14(22-11-4-5-11)17-21-9-12(26(17)25-16)7-15-18(27)24-19(28)23-15/h1-3,6-9,11,19,22-23,28H,4-5H2,(H,24,27)/b15-7-. The molecule has 1 saturated carbocycles. The van der Waals surface area contributed by atoms with Crippen molar-refractivity contribution in [2.45, 2.75) is 25.2 Å². The zero-order valence-corrected chi connectivity index (χ0v) is 15.8. The molecular formula is C19H17ClN6O3. The summed E-state index contributed by atoms with van der Waals surface area (Å²) in [6.07, 6.45) is 4.26. The van der Waals surface area contributed by atoms with Crippen LogP contribution >= 0.6 is 11.6 Å². The second-order valence-electron chi connectivity index (χ2n) is 6.87. The third kappa shape index (κ3) is 3.69. The van der Waals surface area contributed by atoms with Crippen molar-refractivity contribution >= 4 is 34.9 Å². The number of aliphatic hydroxyl groups is 1. The molecule has 5 rings (SSSR count). The normalized spacial score (nSPS) is 20.0. The Kier molecular flexibility index (Phi) is 4.26. The van der Waals surface area contributed by atoms with Gasteiger partial charge >= 0.3 is 0 Å². The summed E-state index contributed by atoms with van der Waals surface area (Å²) in [5.41, 5.74) is 2.18. The van der Waals surface area contributed by atoms with Crippen molar-refractivity contribution in [2.75, 3.05) is 5.32 Å². The zero-order valence-electron chi connectivity index (χ0n) is 15.1. The lowest BCUT2D eigenvalue weighted by molar-refractivity contribution is -0.117. The first-order valence-electron chi connectivity index (χ1n) is 9.11. The highest BCUT2D eigenvalue weighted by Gasteiger charge is 2.25. The van der Waals surface area contributed by atoms with Gasteiger partial charge in [0.2, 0.25) is 12.2 Å². The minimum atomic E-state index is -1.12. The fraction of sp³-hybridized carbons (Fsp3) is 0.211. The monoisotopic (exact) mass is 412 g/mol. The molecule has 0 radical (unpaired) electrons. The molecule has 1 aliphatic carbocycles. The average Bonchev–Trinajstić information content (AvgIpc) is 3.31. The molecule has 1 unspecified atom stereocenters. The second-order valence-corrected chi connectivity index (χ2v) is 7.31. The van der Waals surface area contributed by atoms with Crippen LogP contribution < -0.4 is 20.7 Å². The number of anilines is 1. The van der Waals surface area contributed by atoms with E-state index in [1.54, 1.807) is 47.1 Å². The number of hydrogen-bond donors (Lipinski definition) is 4. The van der Waals surface area contributed by atoms with Gasteiger partial charge in [-0.1, -0.05) is 17.7 Å². The first-order valence-corrected chi connectivity index (χ1v) is 9.49. The van der Waals surface area contributed by atoms with Crippen LogP contribution in [0, 0.1) is 0 Å². The number of fused-ring (bicyclic) bond motifs is 1. The van der Waals surface area contributed by atoms with Crippen LogP contribution in [0.4, 0.5) is 5.69 Å². The molecule has 2 aliphatic rings. The number of hydrogen-bond acceptors (Lipinski definition) is 7. The summed E-state index contributed by atoms with van der Waals surface area (Å²) in [5.74, 6) is 0.501. The predicted octanol–water partition coefficient (Wildman–Crippen LogP) is 2.09. The Morgan fingerprint density at radius 2 is 2.17 bits per heavy atom. The Hall–Kier alpha value is -3.30. The molecular weight excluding hydrogens is 396 g/mol. The number of amides is 1. The van der Waals surface area contributed by atoms with E-state index in [0.717, 1.165) is 18.5 Å². The van der Waals surface area contributed by atoms with E-state index in [9.17, 15) is 9.90 Å². The van der Waals surface area contributed by atoms with Crippen LogP contribution in [0.25, 0.3) is 11.7 Å². The molecule has 1 aromatic carbocycles. The molecule has 2 fully saturated rings. The molecule has 0 spiro atoms. The highest BCUT2D eigenvalue weighted by atomic mass is 35.5. The van der Waals surface area contributed by atoms with Gasteiger partial charge < -0.3 is 25.8 Å². The van der Waals surface area contributed by atoms with E-state index in [1.165, 1.54) is 0 Å². The first-order chi connectivity index (χ1) is 14.0. The van der Waals surface area contributed by atoms with Gasteiger partial charge in [0, 0.05) is 17.1 Å². The van der Waals surface area contributed by atoms with Gasteiger partial charge in [-0.3, -0.25) is 4.79 Å². The fourth-order valence-corrected chi connectivity index (χ4v) is 3.20. The number of carbonyl (C=O) groups excluding carboxylic acids is 1. The van der Waals surface area contributed by atoms with E-state index in [2.05, 4.69) is 26.0 Å². The summed E-state index contributed by atoms with van der Waals surface area (Å²) >= 11 is 6.04. The zero-order chi connectivity index (χ0) is 20.0. The van der Waals surface area contributed by atoms with Crippen molar-refractivity contribution in [1.82, 2.24) is 25.2 Å². The van der Waals surface area contributed by atoms with E-state index >= 15 is 0 Å². The van der Waals surface area contributed by atoms with E-state index in [4.69, 9.17) is 16.3 Å². The Balaban J connectivity index is 1.57. The molecule has 3 aromatic rings. The van der Waals surface area contributed by atoms with Crippen molar-refractivity contribution < 1.29 is 14.6 Å². The number of nitrogens with one attached hydrogen (secondary N) is 3. The summed E-state index contributed by atoms with van der Waals surface area (Å²) in [6.45, 7) is 0. The third-order valence-electron chi connectivity index (χ3n) is 4.52. The molecule has 1 saturated heterocycles. The number of aliphatic hydroxyl groups excluding tert-OH is 1. The molecule has 148 valence electrons. The first kappa shape index (κ1) is 17.8. The number of ether oxygens (including phenoxy) is 1. The van der Waals surface area contributed by atoms with Crippen LogP contribution in [-0.2, 0) is 4.79 Å². The predicted molar refractivity (Wildman–Crippen MR) is 106 cm³/mol. The van der Waals surface area contributed by atoms with Gasteiger partial charge in [-0.15, -0.1) is 5.10 Å². The number of benzene rings is 1. The number of halogens is 1. The van der Waals surface area contributed by atoms with Crippen LogP contribution in [0.5, 0.6) is 11.6 Å². The van der Waals surface area contributed by atoms with Gasteiger partial charge in [0.05, 0.1) is 17.6 Å². The SMILES string of the molecule is O=C1NC(O)N/C1=C\c1cnc2c(NC3CC3)cc(Oc3cccc(Cl)c3)nn12. The largest absolute Gasteiger partial charge is 0.437 e. The smallest absolute Gasteiger partial charge is 0.270 e. The van der Waals surface area contributed by atoms with Crippen LogP contribution in [0.1, 0.15) is 18.5 Å². The van der Waals surface area contributed by atoms with Crippen molar-refractivity contribution in [3.8, 4) is 11.6 Å². The highest BCUT2D eigenvalue weighted by Crippen LogP contribution is 2.31. The van der Waals surface area contributed by atoms with E-state index in [1.807, 2.05) is 0 Å². The van der Waals surface area contributed by atoms with Crippen molar-refractivity contribution in [3.05, 3.63) is 52.9 Å². The molecule has 3 heterocycles. The number of nitrogens with zero attached hydrogens (tertiary/aromatic N) is 3. The number of imidazole rings is 1. The lowest BCUT2D eigenvalue weighted by atomic mass is 10.3. The Labute approximate surface area is 170 Å². The van der Waals surface area contributed by atoms with Crippen molar-refractivity contribution in [3.63, 3.8) is 0 Å². The lowest BCUT2D eigenvalue weighted by Gasteiger charge is -2.11. The van der Waals surface area contributed by atoms with E-state index in [0.29, 0.717) is 34.0 Å². The molecule has 4 N–H and O–H groups in total. The third-order valence-corrected chi connectivity index (χ3v) is 4.76. The van der Waals surface area contributed by atoms with Crippen LogP contribution in [0.3, 0.4) is 0 Å². The number of carbonyl (C=O) groups is 1. The Bertz CT molecular complexity index is 1140. The highest BCUT2D eigenvalue weighted by molar-refractivity contribution is 6.30. The summed E-state index contributed by atoms with van der Waals surface area (Å²) in [5, 5.41) is 23.1. The molecule has 1 amide bonds. The molecule has 10 heteroatoms. The van der Waals surface area contributed by atoms with Crippen molar-refractivity contribution in [2.24, 2.45) is 0 Å². The minimum Gasteiger partial charge on any atom is -0.437 e. The minimum absolute atomic E-state index is 0.221. The molecule has 9 nitrogen and oxygen atoms in total. The van der Waals surface area contributed by atoms with Gasteiger partial charge in [0.15, 0.2) is 5.65 Å². The molecule has 0 bridgehead atoms. The van der Waals surface area contributed by atoms with E-state index < -0.39 is 12.3 Å². The number of aromatic nitrogens is 3.